The molecular formula is C42H37N3O2. The van der Waals surface area contributed by atoms with Gasteiger partial charge in [-0.3, -0.25) is 4.57 Å². The van der Waals surface area contributed by atoms with Gasteiger partial charge in [0, 0.05) is 16.3 Å². The Bertz CT molecular complexity index is 2390. The summed E-state index contributed by atoms with van der Waals surface area (Å²) in [4.78, 5) is 9.94. The fraction of sp³-hybridized carbons (Fsp3) is 0.190. The number of hydrogen-bond acceptors (Lipinski definition) is 4. The minimum atomic E-state index is 0.281. The maximum atomic E-state index is 6.73. The highest BCUT2D eigenvalue weighted by Crippen LogP contribution is 2.43. The van der Waals surface area contributed by atoms with Gasteiger partial charge in [0.15, 0.2) is 0 Å². The van der Waals surface area contributed by atoms with E-state index < -0.39 is 0 Å². The minimum Gasteiger partial charge on any atom is -0.455 e. The van der Waals surface area contributed by atoms with Gasteiger partial charge in [0.05, 0.1) is 28.0 Å². The zero-order valence-electron chi connectivity index (χ0n) is 27.6. The van der Waals surface area contributed by atoms with Crippen LogP contribution in [0.15, 0.2) is 112 Å². The molecule has 0 spiro atoms. The van der Waals surface area contributed by atoms with Crippen LogP contribution < -0.4 is 0 Å². The van der Waals surface area contributed by atoms with Crippen LogP contribution >= 0.6 is 0 Å². The van der Waals surface area contributed by atoms with E-state index in [-0.39, 0.29) is 11.8 Å². The topological polar surface area (TPSA) is 57.0 Å². The number of hydrogen-bond donors (Lipinski definition) is 0. The average Bonchev–Trinajstić information content (AvgIpc) is 3.76. The number of imidazole rings is 1. The van der Waals surface area contributed by atoms with E-state index in [0.717, 1.165) is 61.4 Å². The second kappa shape index (κ2) is 11.1. The van der Waals surface area contributed by atoms with Crippen molar-refractivity contribution in [1.82, 2.24) is 14.5 Å². The van der Waals surface area contributed by atoms with Crippen LogP contribution in [0.3, 0.4) is 0 Å². The lowest BCUT2D eigenvalue weighted by molar-refractivity contribution is 0.540. The highest BCUT2D eigenvalue weighted by Gasteiger charge is 2.25. The van der Waals surface area contributed by atoms with Crippen LogP contribution in [-0.4, -0.2) is 14.5 Å². The number of fused-ring (bicyclic) bond motifs is 4. The molecule has 0 radical (unpaired) electrons. The normalized spacial score (nSPS) is 12.0. The number of aryl methyl sites for hydroxylation is 2. The fourth-order valence-corrected chi connectivity index (χ4v) is 6.75. The van der Waals surface area contributed by atoms with Gasteiger partial charge in [0.1, 0.15) is 22.8 Å². The molecular weight excluding hydrogens is 578 g/mol. The summed E-state index contributed by atoms with van der Waals surface area (Å²) in [7, 11) is 0. The Kier molecular flexibility index (Phi) is 6.87. The lowest BCUT2D eigenvalue weighted by Crippen LogP contribution is -2.09. The molecule has 8 rings (SSSR count). The van der Waals surface area contributed by atoms with E-state index in [1.165, 1.54) is 27.9 Å². The van der Waals surface area contributed by atoms with E-state index in [0.29, 0.717) is 5.89 Å². The summed E-state index contributed by atoms with van der Waals surface area (Å²) in [6.07, 6.45) is 0. The smallest absolute Gasteiger partial charge is 0.226 e. The van der Waals surface area contributed by atoms with Gasteiger partial charge in [-0.05, 0) is 96.5 Å². The molecule has 0 amide bonds. The molecule has 5 heteroatoms. The van der Waals surface area contributed by atoms with Gasteiger partial charge in [0.25, 0.3) is 0 Å². The zero-order chi connectivity index (χ0) is 32.4. The molecule has 3 heterocycles. The molecule has 0 fully saturated rings. The number of benzene rings is 5. The van der Waals surface area contributed by atoms with E-state index in [9.17, 15) is 0 Å². The quantitative estimate of drug-likeness (QED) is 0.187. The number of oxazole rings is 1. The van der Waals surface area contributed by atoms with Gasteiger partial charge in [-0.2, -0.15) is 0 Å². The standard InChI is InChI=1S/C42H37N3O2/c1-24(2)34-21-30(28-13-8-7-9-14-28)22-35(25(3)4)39(34)45-37-18-11-10-17-36(37)44-41(45)33-16-12-15-32-31-20-19-29(23-38(31)47-40(32)33)42-43-26(5)27(6)46-42/h7-25H,1-6H3. The molecule has 0 N–H and O–H groups in total. The largest absolute Gasteiger partial charge is 0.455 e. The van der Waals surface area contributed by atoms with Gasteiger partial charge >= 0.3 is 0 Å². The molecule has 0 unspecified atom stereocenters. The van der Waals surface area contributed by atoms with Crippen molar-refractivity contribution in [2.75, 3.05) is 0 Å². The molecule has 8 aromatic rings. The lowest BCUT2D eigenvalue weighted by atomic mass is 9.88. The van der Waals surface area contributed by atoms with Crippen molar-refractivity contribution in [2.45, 2.75) is 53.4 Å². The van der Waals surface area contributed by atoms with E-state index >= 15 is 0 Å². The maximum absolute atomic E-state index is 6.73. The van der Waals surface area contributed by atoms with Crippen molar-refractivity contribution in [3.8, 4) is 39.7 Å². The Morgan fingerprint density at radius 3 is 2.04 bits per heavy atom. The summed E-state index contributed by atoms with van der Waals surface area (Å²) < 4.78 is 15.1. The Balaban J connectivity index is 1.41. The monoisotopic (exact) mass is 615 g/mol. The summed E-state index contributed by atoms with van der Waals surface area (Å²) in [6, 6.07) is 36.4. The summed E-state index contributed by atoms with van der Waals surface area (Å²) in [5, 5.41) is 2.10. The lowest BCUT2D eigenvalue weighted by Gasteiger charge is -2.24. The Labute approximate surface area is 274 Å². The highest BCUT2D eigenvalue weighted by molar-refractivity contribution is 6.10. The molecule has 0 saturated carbocycles. The molecule has 3 aromatic heterocycles. The van der Waals surface area contributed by atoms with Crippen LogP contribution in [0.5, 0.6) is 0 Å². The molecule has 0 saturated heterocycles. The van der Waals surface area contributed by atoms with Crippen molar-refractivity contribution >= 4 is 33.0 Å². The number of rotatable bonds is 6. The van der Waals surface area contributed by atoms with Crippen LogP contribution in [0.25, 0.3) is 72.6 Å². The van der Waals surface area contributed by atoms with E-state index in [1.807, 2.05) is 19.9 Å². The third-order valence-electron chi connectivity index (χ3n) is 9.32. The number of nitrogens with zero attached hydrogens (tertiary/aromatic N) is 3. The number of para-hydroxylation sites is 3. The van der Waals surface area contributed by atoms with Crippen molar-refractivity contribution in [3.63, 3.8) is 0 Å². The predicted molar refractivity (Wildman–Crippen MR) is 192 cm³/mol. The van der Waals surface area contributed by atoms with E-state index in [4.69, 9.17) is 13.8 Å². The van der Waals surface area contributed by atoms with Crippen molar-refractivity contribution in [3.05, 3.63) is 126 Å². The average molecular weight is 616 g/mol. The molecule has 0 aliphatic heterocycles. The molecule has 0 bridgehead atoms. The van der Waals surface area contributed by atoms with Gasteiger partial charge in [0.2, 0.25) is 5.89 Å². The van der Waals surface area contributed by atoms with E-state index in [1.54, 1.807) is 0 Å². The fourth-order valence-electron chi connectivity index (χ4n) is 6.75. The van der Waals surface area contributed by atoms with Crippen LogP contribution in [0, 0.1) is 13.8 Å². The first-order chi connectivity index (χ1) is 22.8. The maximum Gasteiger partial charge on any atom is 0.226 e. The summed E-state index contributed by atoms with van der Waals surface area (Å²) in [5.74, 6) is 2.85. The van der Waals surface area contributed by atoms with Crippen molar-refractivity contribution < 1.29 is 8.83 Å². The van der Waals surface area contributed by atoms with Gasteiger partial charge in [-0.25, -0.2) is 9.97 Å². The first kappa shape index (κ1) is 29.0. The summed E-state index contributed by atoms with van der Waals surface area (Å²) >= 11 is 0. The van der Waals surface area contributed by atoms with Crippen LogP contribution in [-0.2, 0) is 0 Å². The second-order valence-electron chi connectivity index (χ2n) is 13.1. The molecule has 0 aliphatic rings. The Morgan fingerprint density at radius 2 is 1.34 bits per heavy atom. The molecule has 0 aliphatic carbocycles. The van der Waals surface area contributed by atoms with E-state index in [2.05, 4.69) is 134 Å². The first-order valence-corrected chi connectivity index (χ1v) is 16.4. The van der Waals surface area contributed by atoms with Crippen LogP contribution in [0.2, 0.25) is 0 Å². The zero-order valence-corrected chi connectivity index (χ0v) is 27.6. The Hall–Kier alpha value is -5.42. The van der Waals surface area contributed by atoms with Crippen molar-refractivity contribution in [2.24, 2.45) is 0 Å². The molecule has 5 nitrogen and oxygen atoms in total. The second-order valence-corrected chi connectivity index (χ2v) is 13.1. The van der Waals surface area contributed by atoms with Gasteiger partial charge < -0.3 is 8.83 Å². The molecule has 47 heavy (non-hydrogen) atoms. The Morgan fingerprint density at radius 1 is 0.617 bits per heavy atom. The molecule has 232 valence electrons. The van der Waals surface area contributed by atoms with Crippen LogP contribution in [0.4, 0.5) is 0 Å². The SMILES string of the molecule is Cc1nc(-c2ccc3c(c2)oc2c(-c4nc5ccccc5n4-c4c(C(C)C)cc(-c5ccccc5)cc4C(C)C)cccc23)oc1C. The predicted octanol–water partition coefficient (Wildman–Crippen LogP) is 11.8. The van der Waals surface area contributed by atoms with Gasteiger partial charge in [-0.15, -0.1) is 0 Å². The van der Waals surface area contributed by atoms with Gasteiger partial charge in [-0.1, -0.05) is 82.3 Å². The molecule has 5 aromatic carbocycles. The number of furan rings is 1. The third-order valence-corrected chi connectivity index (χ3v) is 9.32. The number of aromatic nitrogens is 3. The molecule has 0 atom stereocenters. The third kappa shape index (κ3) is 4.77. The minimum absolute atomic E-state index is 0.281. The highest BCUT2D eigenvalue weighted by atomic mass is 16.4. The van der Waals surface area contributed by atoms with Crippen molar-refractivity contribution in [1.29, 1.82) is 0 Å². The first-order valence-electron chi connectivity index (χ1n) is 16.4. The van der Waals surface area contributed by atoms with Crippen LogP contribution in [0.1, 0.15) is 62.1 Å². The summed E-state index contributed by atoms with van der Waals surface area (Å²) in [6.45, 7) is 13.0. The summed E-state index contributed by atoms with van der Waals surface area (Å²) in [5.41, 5.74) is 12.6.